The summed E-state index contributed by atoms with van der Waals surface area (Å²) in [5.41, 5.74) is 1.40. The predicted octanol–water partition coefficient (Wildman–Crippen LogP) is 0.847. The first-order valence-corrected chi connectivity index (χ1v) is 4.90. The second-order valence-corrected chi connectivity index (χ2v) is 3.63. The first-order chi connectivity index (χ1) is 7.81. The third kappa shape index (κ3) is 1.06. The maximum absolute atomic E-state index is 10.8. The molecule has 0 aromatic heterocycles. The van der Waals surface area contributed by atoms with Gasteiger partial charge in [-0.15, -0.1) is 0 Å². The summed E-state index contributed by atoms with van der Waals surface area (Å²) in [6.07, 6.45) is 5.68. The third-order valence-corrected chi connectivity index (χ3v) is 2.78. The molecule has 0 aromatic carbocycles. The van der Waals surface area contributed by atoms with E-state index in [1.165, 1.54) is 6.33 Å². The SMILES string of the molecule is CC1C(C=O)=CNc2c3ncnc-3ncn21. The van der Waals surface area contributed by atoms with E-state index >= 15 is 0 Å². The molecule has 80 valence electrons. The number of hydrogen-bond acceptors (Lipinski definition) is 5. The summed E-state index contributed by atoms with van der Waals surface area (Å²) < 4.78 is 1.88. The fourth-order valence-electron chi connectivity index (χ4n) is 1.82. The Labute approximate surface area is 91.4 Å². The molecule has 3 rings (SSSR count). The van der Waals surface area contributed by atoms with Crippen molar-refractivity contribution in [3.05, 3.63) is 24.4 Å². The normalized spacial score (nSPS) is 18.8. The van der Waals surface area contributed by atoms with E-state index in [2.05, 4.69) is 20.3 Å². The van der Waals surface area contributed by atoms with E-state index in [1.807, 2.05) is 11.5 Å². The molecule has 1 N–H and O–H groups in total. The first-order valence-electron chi connectivity index (χ1n) is 4.90. The second-order valence-electron chi connectivity index (χ2n) is 3.63. The van der Waals surface area contributed by atoms with Crippen molar-refractivity contribution < 1.29 is 4.79 Å². The van der Waals surface area contributed by atoms with Gasteiger partial charge in [0, 0.05) is 11.8 Å². The van der Waals surface area contributed by atoms with Crippen molar-refractivity contribution >= 4 is 12.1 Å². The number of nitrogens with one attached hydrogen (secondary N) is 1. The van der Waals surface area contributed by atoms with E-state index in [9.17, 15) is 4.79 Å². The number of nitrogens with zero attached hydrogens (tertiary/aromatic N) is 4. The van der Waals surface area contributed by atoms with E-state index in [-0.39, 0.29) is 6.04 Å². The molecule has 3 aliphatic heterocycles. The molecule has 0 radical (unpaired) electrons. The average Bonchev–Trinajstić information content (AvgIpc) is 2.77. The standard InChI is InChI=1S/C10H9N5O/c1-6-7(3-16)2-11-10-8-9(13-4-12-8)14-5-15(6)10/h2-6,11H,1H3. The molecule has 0 bridgehead atoms. The van der Waals surface area contributed by atoms with Gasteiger partial charge in [0.15, 0.2) is 11.5 Å². The number of hydrogen-bond donors (Lipinski definition) is 1. The van der Waals surface area contributed by atoms with Crippen LogP contribution in [-0.4, -0.2) is 25.8 Å². The summed E-state index contributed by atoms with van der Waals surface area (Å²) in [6.45, 7) is 1.94. The summed E-state index contributed by atoms with van der Waals surface area (Å²) in [7, 11) is 0. The van der Waals surface area contributed by atoms with Crippen LogP contribution in [0.2, 0.25) is 0 Å². The van der Waals surface area contributed by atoms with Gasteiger partial charge in [-0.2, -0.15) is 0 Å². The van der Waals surface area contributed by atoms with Crippen LogP contribution in [0.15, 0.2) is 24.4 Å². The monoisotopic (exact) mass is 215 g/mol. The number of carbonyl (C=O) groups excluding carboxylic acids is 1. The molecule has 1 unspecified atom stereocenters. The summed E-state index contributed by atoms with van der Waals surface area (Å²) in [6, 6.07) is -0.0395. The van der Waals surface area contributed by atoms with Crippen molar-refractivity contribution in [3.63, 3.8) is 0 Å². The number of imidazole rings is 1. The van der Waals surface area contributed by atoms with Crippen molar-refractivity contribution in [1.29, 1.82) is 0 Å². The molecule has 16 heavy (non-hydrogen) atoms. The summed E-state index contributed by atoms with van der Waals surface area (Å²) in [4.78, 5) is 23.2. The Bertz CT molecular complexity index is 558. The van der Waals surface area contributed by atoms with Gasteiger partial charge < -0.3 is 9.88 Å². The minimum Gasteiger partial charge on any atom is -0.346 e. The Balaban J connectivity index is 2.22. The second kappa shape index (κ2) is 3.13. The molecule has 6 heteroatoms. The Morgan fingerprint density at radius 2 is 2.31 bits per heavy atom. The topological polar surface area (TPSA) is 72.7 Å². The highest BCUT2D eigenvalue weighted by Gasteiger charge is 2.23. The van der Waals surface area contributed by atoms with Crippen molar-refractivity contribution in [2.45, 2.75) is 13.0 Å². The molecule has 0 aromatic rings. The molecule has 6 nitrogen and oxygen atoms in total. The number of anilines is 1. The van der Waals surface area contributed by atoms with Crippen LogP contribution in [0.4, 0.5) is 5.82 Å². The lowest BCUT2D eigenvalue weighted by Crippen LogP contribution is -2.20. The van der Waals surface area contributed by atoms with Gasteiger partial charge in [-0.25, -0.2) is 15.0 Å². The van der Waals surface area contributed by atoms with Gasteiger partial charge in [0.25, 0.3) is 0 Å². The Kier molecular flexibility index (Phi) is 1.76. The minimum atomic E-state index is -0.0395. The van der Waals surface area contributed by atoms with E-state index < -0.39 is 0 Å². The van der Waals surface area contributed by atoms with Gasteiger partial charge in [0.1, 0.15) is 18.4 Å². The number of fused-ring (bicyclic) bond motifs is 3. The van der Waals surface area contributed by atoms with Crippen LogP contribution >= 0.6 is 0 Å². The highest BCUT2D eigenvalue weighted by molar-refractivity contribution is 5.79. The zero-order valence-corrected chi connectivity index (χ0v) is 8.58. The smallest absolute Gasteiger partial charge is 0.184 e. The highest BCUT2D eigenvalue weighted by atomic mass is 16.1. The lowest BCUT2D eigenvalue weighted by molar-refractivity contribution is -0.105. The van der Waals surface area contributed by atoms with E-state index in [4.69, 9.17) is 0 Å². The van der Waals surface area contributed by atoms with Crippen molar-refractivity contribution in [2.75, 3.05) is 5.32 Å². The zero-order valence-electron chi connectivity index (χ0n) is 8.58. The maximum atomic E-state index is 10.8. The van der Waals surface area contributed by atoms with Gasteiger partial charge in [-0.1, -0.05) is 0 Å². The molecular weight excluding hydrogens is 206 g/mol. The van der Waals surface area contributed by atoms with Crippen LogP contribution in [-0.2, 0) is 4.79 Å². The fourth-order valence-corrected chi connectivity index (χ4v) is 1.82. The van der Waals surface area contributed by atoms with Gasteiger partial charge in [0.05, 0.1) is 12.4 Å². The van der Waals surface area contributed by atoms with Crippen LogP contribution in [0.1, 0.15) is 13.0 Å². The number of allylic oxidation sites excluding steroid dienone is 1. The van der Waals surface area contributed by atoms with Crippen molar-refractivity contribution in [3.8, 4) is 11.5 Å². The molecule has 1 atom stereocenters. The van der Waals surface area contributed by atoms with Crippen LogP contribution in [0.25, 0.3) is 11.5 Å². The minimum absolute atomic E-state index is 0.0395. The van der Waals surface area contributed by atoms with E-state index in [1.54, 1.807) is 12.5 Å². The number of aldehydes is 1. The van der Waals surface area contributed by atoms with Gasteiger partial charge in [-0.3, -0.25) is 4.79 Å². The number of carbonyl (C=O) groups is 1. The fraction of sp³-hybridized carbons (Fsp3) is 0.200. The molecule has 0 saturated heterocycles. The lowest BCUT2D eigenvalue weighted by Gasteiger charge is -2.25. The van der Waals surface area contributed by atoms with Gasteiger partial charge in [-0.05, 0) is 6.92 Å². The van der Waals surface area contributed by atoms with Crippen molar-refractivity contribution in [2.24, 2.45) is 0 Å². The summed E-state index contributed by atoms with van der Waals surface area (Å²) >= 11 is 0. The molecule has 0 saturated carbocycles. The number of aromatic nitrogens is 4. The van der Waals surface area contributed by atoms with E-state index in [0.717, 1.165) is 17.8 Å². The highest BCUT2D eigenvalue weighted by Crippen LogP contribution is 2.31. The Morgan fingerprint density at radius 1 is 1.44 bits per heavy atom. The molecule has 0 spiro atoms. The van der Waals surface area contributed by atoms with Crippen LogP contribution in [0.3, 0.4) is 0 Å². The molecule has 0 amide bonds. The van der Waals surface area contributed by atoms with E-state index in [0.29, 0.717) is 11.4 Å². The summed E-state index contributed by atoms with van der Waals surface area (Å²) in [5.74, 6) is 1.43. The first kappa shape index (κ1) is 9.02. The largest absolute Gasteiger partial charge is 0.346 e. The maximum Gasteiger partial charge on any atom is 0.184 e. The van der Waals surface area contributed by atoms with Crippen LogP contribution in [0, 0.1) is 0 Å². The molecular formula is C10H9N5O. The number of rotatable bonds is 1. The average molecular weight is 215 g/mol. The molecule has 3 aliphatic rings. The van der Waals surface area contributed by atoms with Crippen LogP contribution in [0.5, 0.6) is 0 Å². The Morgan fingerprint density at radius 3 is 3.12 bits per heavy atom. The Hall–Kier alpha value is -2.24. The van der Waals surface area contributed by atoms with Gasteiger partial charge in [0.2, 0.25) is 0 Å². The molecule has 3 heterocycles. The van der Waals surface area contributed by atoms with Gasteiger partial charge >= 0.3 is 0 Å². The lowest BCUT2D eigenvalue weighted by atomic mass is 10.1. The zero-order chi connectivity index (χ0) is 11.1. The molecule has 0 aliphatic carbocycles. The predicted molar refractivity (Wildman–Crippen MR) is 56.9 cm³/mol. The summed E-state index contributed by atoms with van der Waals surface area (Å²) in [5, 5.41) is 3.05. The molecule has 0 fully saturated rings. The quantitative estimate of drug-likeness (QED) is 0.714. The van der Waals surface area contributed by atoms with Crippen LogP contribution < -0.4 is 5.32 Å². The third-order valence-electron chi connectivity index (χ3n) is 2.78. The van der Waals surface area contributed by atoms with Crippen molar-refractivity contribution in [1.82, 2.24) is 19.5 Å².